The van der Waals surface area contributed by atoms with E-state index in [1.165, 1.54) is 11.3 Å². The molecule has 0 fully saturated rings. The minimum Gasteiger partial charge on any atom is -0.497 e. The summed E-state index contributed by atoms with van der Waals surface area (Å²) in [5.74, 6) is 7.31. The number of fused-ring (bicyclic) bond motifs is 3. The van der Waals surface area contributed by atoms with Crippen LogP contribution in [0.4, 0.5) is 0 Å². The second-order valence-electron chi connectivity index (χ2n) is 7.76. The molecule has 4 aromatic rings. The topological polar surface area (TPSA) is 93.9 Å². The van der Waals surface area contributed by atoms with E-state index in [1.54, 1.807) is 7.11 Å². The van der Waals surface area contributed by atoms with Crippen molar-refractivity contribution in [1.82, 2.24) is 9.66 Å². The number of ether oxygens (including phenoxy) is 1. The zero-order chi connectivity index (χ0) is 21.6. The van der Waals surface area contributed by atoms with Crippen LogP contribution in [0.15, 0.2) is 59.4 Å². The fraction of sp³-hybridized carbons (Fsp3) is 0.208. The largest absolute Gasteiger partial charge is 0.497 e. The molecule has 0 saturated carbocycles. The van der Waals surface area contributed by atoms with Crippen LogP contribution in [0, 0.1) is 11.3 Å². The number of nitrogen functional groups attached to an aromatic ring is 1. The molecule has 2 aromatic heterocycles. The lowest BCUT2D eigenvalue weighted by Gasteiger charge is -2.31. The number of methoxy groups -OCH3 is 1. The van der Waals surface area contributed by atoms with Gasteiger partial charge >= 0.3 is 0 Å². The van der Waals surface area contributed by atoms with Gasteiger partial charge in [0.25, 0.3) is 5.56 Å². The molecule has 6 nitrogen and oxygen atoms in total. The normalized spacial score (nSPS) is 17.8. The molecule has 0 spiro atoms. The number of aromatic nitrogens is 2. The van der Waals surface area contributed by atoms with Gasteiger partial charge in [-0.15, -0.1) is 11.3 Å². The Hall–Kier alpha value is -3.63. The molecule has 2 N–H and O–H groups in total. The highest BCUT2D eigenvalue weighted by molar-refractivity contribution is 7.18. The van der Waals surface area contributed by atoms with Crippen molar-refractivity contribution in [2.75, 3.05) is 13.0 Å². The summed E-state index contributed by atoms with van der Waals surface area (Å²) in [5, 5.41) is 10.7. The van der Waals surface area contributed by atoms with Crippen molar-refractivity contribution in [3.8, 4) is 23.2 Å². The molecule has 1 aliphatic carbocycles. The molecular formula is C24H20N4O2S. The zero-order valence-electron chi connectivity index (χ0n) is 17.0. The van der Waals surface area contributed by atoms with Crippen molar-refractivity contribution < 1.29 is 4.74 Å². The Bertz CT molecular complexity index is 1380. The van der Waals surface area contributed by atoms with Crippen LogP contribution in [0.5, 0.6) is 5.75 Å². The van der Waals surface area contributed by atoms with E-state index in [9.17, 15) is 10.1 Å². The first-order valence-electron chi connectivity index (χ1n) is 10.00. The molecule has 0 aliphatic heterocycles. The van der Waals surface area contributed by atoms with Crippen LogP contribution in [-0.4, -0.2) is 16.8 Å². The maximum absolute atomic E-state index is 13.2. The number of benzene rings is 2. The highest BCUT2D eigenvalue weighted by atomic mass is 32.1. The summed E-state index contributed by atoms with van der Waals surface area (Å²) in [6, 6.07) is 19.7. The summed E-state index contributed by atoms with van der Waals surface area (Å²) in [7, 11) is 1.60. The van der Waals surface area contributed by atoms with Gasteiger partial charge in [0.1, 0.15) is 10.6 Å². The lowest BCUT2D eigenvalue weighted by Crippen LogP contribution is -2.33. The first-order chi connectivity index (χ1) is 15.1. The Balaban J connectivity index is 1.64. The van der Waals surface area contributed by atoms with Crippen LogP contribution in [0.25, 0.3) is 21.6 Å². The van der Waals surface area contributed by atoms with Crippen LogP contribution < -0.4 is 16.1 Å². The van der Waals surface area contributed by atoms with Gasteiger partial charge in [-0.05, 0) is 48.2 Å². The molecule has 154 valence electrons. The molecule has 0 saturated heterocycles. The molecule has 2 aromatic carbocycles. The highest BCUT2D eigenvalue weighted by Gasteiger charge is 2.38. The molecule has 0 amide bonds. The summed E-state index contributed by atoms with van der Waals surface area (Å²) in [6.07, 6.45) is 1.89. The van der Waals surface area contributed by atoms with Crippen molar-refractivity contribution >= 4 is 21.6 Å². The molecule has 1 atom stereocenters. The van der Waals surface area contributed by atoms with E-state index in [2.05, 4.69) is 6.07 Å². The summed E-state index contributed by atoms with van der Waals surface area (Å²) >= 11 is 1.50. The van der Waals surface area contributed by atoms with E-state index in [0.717, 1.165) is 32.0 Å². The number of thiophene rings is 1. The van der Waals surface area contributed by atoms with Crippen LogP contribution in [-0.2, 0) is 18.3 Å². The third-order valence-electron chi connectivity index (χ3n) is 6.09. The van der Waals surface area contributed by atoms with Crippen LogP contribution in [0.1, 0.15) is 22.4 Å². The van der Waals surface area contributed by atoms with Gasteiger partial charge in [-0.1, -0.05) is 30.3 Å². The summed E-state index contributed by atoms with van der Waals surface area (Å²) in [5.41, 5.74) is 1.90. The number of hydrogen-bond acceptors (Lipinski definition) is 6. The quantitative estimate of drug-likeness (QED) is 0.501. The van der Waals surface area contributed by atoms with Crippen LogP contribution >= 0.6 is 11.3 Å². The van der Waals surface area contributed by atoms with Gasteiger partial charge in [0.05, 0.1) is 24.0 Å². The van der Waals surface area contributed by atoms with Gasteiger partial charge in [-0.2, -0.15) is 5.26 Å². The van der Waals surface area contributed by atoms with Crippen molar-refractivity contribution in [2.24, 2.45) is 0 Å². The van der Waals surface area contributed by atoms with E-state index >= 15 is 0 Å². The number of rotatable bonds is 3. The van der Waals surface area contributed by atoms with Gasteiger partial charge in [-0.3, -0.25) is 4.79 Å². The molecule has 31 heavy (non-hydrogen) atoms. The highest BCUT2D eigenvalue weighted by Crippen LogP contribution is 2.43. The summed E-state index contributed by atoms with van der Waals surface area (Å²) in [4.78, 5) is 19.7. The first-order valence-corrected chi connectivity index (χ1v) is 10.8. The van der Waals surface area contributed by atoms with E-state index in [1.807, 2.05) is 54.6 Å². The predicted molar refractivity (Wildman–Crippen MR) is 122 cm³/mol. The number of aryl methyl sites for hydroxylation is 1. The second-order valence-corrected chi connectivity index (χ2v) is 8.84. The maximum Gasteiger partial charge on any atom is 0.281 e. The van der Waals surface area contributed by atoms with Gasteiger partial charge < -0.3 is 10.6 Å². The number of nitriles is 1. The van der Waals surface area contributed by atoms with Crippen molar-refractivity contribution in [1.29, 1.82) is 5.26 Å². The maximum atomic E-state index is 13.2. The fourth-order valence-electron chi connectivity index (χ4n) is 4.38. The fourth-order valence-corrected chi connectivity index (χ4v) is 5.70. The molecule has 0 bridgehead atoms. The minimum absolute atomic E-state index is 0.252. The Kier molecular flexibility index (Phi) is 4.53. The van der Waals surface area contributed by atoms with Crippen molar-refractivity contribution in [2.45, 2.75) is 24.7 Å². The van der Waals surface area contributed by atoms with E-state index in [0.29, 0.717) is 35.3 Å². The summed E-state index contributed by atoms with van der Waals surface area (Å²) < 4.78 is 6.33. The standard InChI is InChI=1S/C24H20N4O2S/c1-30-17-9-7-15(8-10-17)21-27-22-20(23(29)28(21)26)18-11-12-24(14-25,13-19(18)31-22)16-5-3-2-4-6-16/h2-10H,11-13,26H2,1H3. The molecule has 1 unspecified atom stereocenters. The van der Waals surface area contributed by atoms with Crippen LogP contribution in [0.2, 0.25) is 0 Å². The Morgan fingerprint density at radius 2 is 1.94 bits per heavy atom. The molecule has 0 radical (unpaired) electrons. The van der Waals surface area contributed by atoms with E-state index in [4.69, 9.17) is 15.6 Å². The molecular weight excluding hydrogens is 408 g/mol. The van der Waals surface area contributed by atoms with Crippen molar-refractivity contribution in [3.63, 3.8) is 0 Å². The van der Waals surface area contributed by atoms with Gasteiger partial charge in [-0.25, -0.2) is 9.66 Å². The smallest absolute Gasteiger partial charge is 0.281 e. The third kappa shape index (κ3) is 2.99. The lowest BCUT2D eigenvalue weighted by molar-refractivity contribution is 0.415. The van der Waals surface area contributed by atoms with E-state index in [-0.39, 0.29) is 5.56 Å². The Morgan fingerprint density at radius 3 is 2.61 bits per heavy atom. The van der Waals surface area contributed by atoms with Gasteiger partial charge in [0.15, 0.2) is 5.82 Å². The number of hydrogen-bond donors (Lipinski definition) is 1. The average molecular weight is 429 g/mol. The second kappa shape index (κ2) is 7.25. The first kappa shape index (κ1) is 19.3. The molecule has 7 heteroatoms. The number of nitrogens with zero attached hydrogens (tertiary/aromatic N) is 3. The molecule has 2 heterocycles. The third-order valence-corrected chi connectivity index (χ3v) is 7.22. The Labute approximate surface area is 183 Å². The zero-order valence-corrected chi connectivity index (χ0v) is 17.8. The van der Waals surface area contributed by atoms with E-state index < -0.39 is 5.41 Å². The van der Waals surface area contributed by atoms with Gasteiger partial charge in [0.2, 0.25) is 0 Å². The molecule has 5 rings (SSSR count). The average Bonchev–Trinajstić information content (AvgIpc) is 3.19. The van der Waals surface area contributed by atoms with Crippen molar-refractivity contribution in [3.05, 3.63) is 81.0 Å². The molecule has 1 aliphatic rings. The van der Waals surface area contributed by atoms with Gasteiger partial charge in [0, 0.05) is 16.9 Å². The predicted octanol–water partition coefficient (Wildman–Crippen LogP) is 3.80. The summed E-state index contributed by atoms with van der Waals surface area (Å²) in [6.45, 7) is 0. The Morgan fingerprint density at radius 1 is 1.19 bits per heavy atom. The minimum atomic E-state index is -0.588. The SMILES string of the molecule is COc1ccc(-c2nc3sc4c(c3c(=O)n2N)CCC(C#N)(c2ccccc2)C4)cc1. The lowest BCUT2D eigenvalue weighted by atomic mass is 9.70. The monoisotopic (exact) mass is 428 g/mol. The number of nitrogens with two attached hydrogens (primary N) is 1. The van der Waals surface area contributed by atoms with Crippen LogP contribution in [0.3, 0.4) is 0 Å².